The Morgan fingerprint density at radius 3 is 2.86 bits per heavy atom. The molecule has 1 aromatic heterocycles. The lowest BCUT2D eigenvalue weighted by molar-refractivity contribution is 0.403. The summed E-state index contributed by atoms with van der Waals surface area (Å²) >= 11 is 0. The third-order valence-corrected chi connectivity index (χ3v) is 2.94. The summed E-state index contributed by atoms with van der Waals surface area (Å²) in [5.74, 6) is 0.298. The first-order chi connectivity index (χ1) is 6.61. The van der Waals surface area contributed by atoms with E-state index in [4.69, 9.17) is 11.1 Å². The predicted molar refractivity (Wildman–Crippen MR) is 55.2 cm³/mol. The maximum Gasteiger partial charge on any atom is 0.0911 e. The summed E-state index contributed by atoms with van der Waals surface area (Å²) in [6, 6.07) is 2.00. The van der Waals surface area contributed by atoms with Gasteiger partial charge in [-0.3, -0.25) is 10.1 Å². The third-order valence-electron chi connectivity index (χ3n) is 2.94. The van der Waals surface area contributed by atoms with Crippen molar-refractivity contribution in [2.75, 3.05) is 0 Å². The number of rotatable bonds is 4. The molecule has 0 aromatic carbocycles. The minimum Gasteiger partial charge on any atom is -0.388 e. The molecule has 1 aromatic rings. The third kappa shape index (κ3) is 1.78. The van der Waals surface area contributed by atoms with Crippen molar-refractivity contribution in [3.8, 4) is 0 Å². The first kappa shape index (κ1) is 9.24. The van der Waals surface area contributed by atoms with Crippen LogP contribution in [-0.2, 0) is 6.54 Å². The second-order valence-corrected chi connectivity index (χ2v) is 4.33. The summed E-state index contributed by atoms with van der Waals surface area (Å²) in [5, 5.41) is 11.6. The van der Waals surface area contributed by atoms with Gasteiger partial charge in [-0.2, -0.15) is 5.10 Å². The highest BCUT2D eigenvalue weighted by Gasteiger charge is 2.43. The van der Waals surface area contributed by atoms with Crippen molar-refractivity contribution >= 4 is 5.84 Å². The van der Waals surface area contributed by atoms with E-state index < -0.39 is 0 Å². The Hall–Kier alpha value is -1.32. The summed E-state index contributed by atoms with van der Waals surface area (Å²) in [5.41, 5.74) is 6.86. The topological polar surface area (TPSA) is 67.7 Å². The Balaban J connectivity index is 2.04. The van der Waals surface area contributed by atoms with Crippen molar-refractivity contribution in [1.82, 2.24) is 9.78 Å². The van der Waals surface area contributed by atoms with Gasteiger partial charge in [0.25, 0.3) is 0 Å². The fraction of sp³-hybridized carbons (Fsp3) is 0.600. The number of nitrogens with zero attached hydrogens (tertiary/aromatic N) is 2. The molecular weight excluding hydrogens is 176 g/mol. The van der Waals surface area contributed by atoms with Gasteiger partial charge in [0.2, 0.25) is 0 Å². The van der Waals surface area contributed by atoms with E-state index in [2.05, 4.69) is 12.0 Å². The van der Waals surface area contributed by atoms with Crippen molar-refractivity contribution in [1.29, 1.82) is 5.41 Å². The molecule has 0 saturated heterocycles. The molecule has 0 unspecified atom stereocenters. The van der Waals surface area contributed by atoms with Gasteiger partial charge in [-0.15, -0.1) is 0 Å². The van der Waals surface area contributed by atoms with Crippen LogP contribution in [0.1, 0.15) is 25.0 Å². The number of hydrogen-bond donors (Lipinski definition) is 2. The van der Waals surface area contributed by atoms with E-state index in [1.807, 2.05) is 16.9 Å². The largest absolute Gasteiger partial charge is 0.388 e. The van der Waals surface area contributed by atoms with E-state index in [1.54, 1.807) is 0 Å². The van der Waals surface area contributed by atoms with Gasteiger partial charge in [0.05, 0.1) is 5.84 Å². The fourth-order valence-electron chi connectivity index (χ4n) is 1.85. The Bertz CT molecular complexity index is 349. The highest BCUT2D eigenvalue weighted by atomic mass is 15.3. The molecule has 1 fully saturated rings. The maximum atomic E-state index is 7.32. The second-order valence-electron chi connectivity index (χ2n) is 4.33. The smallest absolute Gasteiger partial charge is 0.0911 e. The van der Waals surface area contributed by atoms with E-state index >= 15 is 0 Å². The van der Waals surface area contributed by atoms with Gasteiger partial charge in [-0.1, -0.05) is 0 Å². The predicted octanol–water partition coefficient (Wildman–Crippen LogP) is 1.30. The average molecular weight is 192 g/mol. The van der Waals surface area contributed by atoms with E-state index in [0.717, 1.165) is 6.54 Å². The normalized spacial score (nSPS) is 18.1. The van der Waals surface area contributed by atoms with Crippen LogP contribution in [0.4, 0.5) is 0 Å². The van der Waals surface area contributed by atoms with Crippen LogP contribution >= 0.6 is 0 Å². The van der Waals surface area contributed by atoms with Gasteiger partial charge in [0.1, 0.15) is 0 Å². The highest BCUT2D eigenvalue weighted by Crippen LogP contribution is 2.50. The minimum absolute atomic E-state index is 0.239. The molecule has 14 heavy (non-hydrogen) atoms. The first-order valence-corrected chi connectivity index (χ1v) is 4.93. The number of aryl methyl sites for hydroxylation is 1. The SMILES string of the molecule is Cc1ccnn1CC1(CC(=N)N)CC1. The number of amidine groups is 1. The highest BCUT2D eigenvalue weighted by molar-refractivity contribution is 5.78. The van der Waals surface area contributed by atoms with Crippen molar-refractivity contribution < 1.29 is 0 Å². The summed E-state index contributed by atoms with van der Waals surface area (Å²) in [4.78, 5) is 0. The quantitative estimate of drug-likeness (QED) is 0.557. The first-order valence-electron chi connectivity index (χ1n) is 4.93. The average Bonchev–Trinajstić information content (AvgIpc) is 2.70. The number of hydrogen-bond acceptors (Lipinski definition) is 2. The molecule has 1 aliphatic carbocycles. The van der Waals surface area contributed by atoms with Crippen LogP contribution < -0.4 is 5.73 Å². The van der Waals surface area contributed by atoms with Crippen LogP contribution in [0, 0.1) is 17.7 Å². The van der Waals surface area contributed by atoms with E-state index in [9.17, 15) is 0 Å². The zero-order valence-corrected chi connectivity index (χ0v) is 8.45. The van der Waals surface area contributed by atoms with E-state index in [1.165, 1.54) is 18.5 Å². The van der Waals surface area contributed by atoms with Gasteiger partial charge in [-0.05, 0) is 31.2 Å². The molecule has 1 aliphatic rings. The molecule has 0 atom stereocenters. The lowest BCUT2D eigenvalue weighted by Gasteiger charge is -2.15. The van der Waals surface area contributed by atoms with Crippen LogP contribution in [0.2, 0.25) is 0 Å². The second kappa shape index (κ2) is 3.12. The Morgan fingerprint density at radius 2 is 2.43 bits per heavy atom. The Morgan fingerprint density at radius 1 is 1.71 bits per heavy atom. The van der Waals surface area contributed by atoms with Crippen molar-refractivity contribution in [2.24, 2.45) is 11.1 Å². The molecule has 0 aliphatic heterocycles. The van der Waals surface area contributed by atoms with Crippen LogP contribution in [0.3, 0.4) is 0 Å². The standard InChI is InChI=1S/C10H16N4/c1-8-2-5-13-14(8)7-10(3-4-10)6-9(11)12/h2,5H,3-4,6-7H2,1H3,(H3,11,12). The summed E-state index contributed by atoms with van der Waals surface area (Å²) < 4.78 is 2.01. The molecule has 1 heterocycles. The summed E-state index contributed by atoms with van der Waals surface area (Å²) in [6.07, 6.45) is 4.88. The van der Waals surface area contributed by atoms with Gasteiger partial charge < -0.3 is 5.73 Å². The van der Waals surface area contributed by atoms with Gasteiger partial charge in [0.15, 0.2) is 0 Å². The molecule has 0 radical (unpaired) electrons. The molecule has 4 nitrogen and oxygen atoms in total. The lowest BCUT2D eigenvalue weighted by Crippen LogP contribution is -2.21. The van der Waals surface area contributed by atoms with Gasteiger partial charge >= 0.3 is 0 Å². The molecule has 0 spiro atoms. The van der Waals surface area contributed by atoms with Crippen LogP contribution in [0.25, 0.3) is 0 Å². The van der Waals surface area contributed by atoms with E-state index in [0.29, 0.717) is 12.3 Å². The van der Waals surface area contributed by atoms with Gasteiger partial charge in [-0.25, -0.2) is 0 Å². The van der Waals surface area contributed by atoms with E-state index in [-0.39, 0.29) is 5.41 Å². The molecule has 0 amide bonds. The number of aromatic nitrogens is 2. The number of nitrogens with two attached hydrogens (primary N) is 1. The van der Waals surface area contributed by atoms with Crippen molar-refractivity contribution in [3.05, 3.63) is 18.0 Å². The maximum absolute atomic E-state index is 7.32. The molecule has 76 valence electrons. The molecule has 0 bridgehead atoms. The van der Waals surface area contributed by atoms with Crippen LogP contribution in [0.5, 0.6) is 0 Å². The fourth-order valence-corrected chi connectivity index (χ4v) is 1.85. The molecule has 3 N–H and O–H groups in total. The molecule has 4 heteroatoms. The Labute approximate surface area is 83.6 Å². The zero-order valence-electron chi connectivity index (χ0n) is 8.45. The molecule has 1 saturated carbocycles. The monoisotopic (exact) mass is 192 g/mol. The van der Waals surface area contributed by atoms with Crippen molar-refractivity contribution in [2.45, 2.75) is 32.7 Å². The summed E-state index contributed by atoms with van der Waals surface area (Å²) in [6.45, 7) is 2.96. The Kier molecular flexibility index (Phi) is 2.06. The number of nitrogens with one attached hydrogen (secondary N) is 1. The van der Waals surface area contributed by atoms with Crippen molar-refractivity contribution in [3.63, 3.8) is 0 Å². The summed E-state index contributed by atoms with van der Waals surface area (Å²) in [7, 11) is 0. The van der Waals surface area contributed by atoms with Crippen LogP contribution in [-0.4, -0.2) is 15.6 Å². The van der Waals surface area contributed by atoms with Gasteiger partial charge in [0, 0.05) is 24.9 Å². The molecular formula is C10H16N4. The lowest BCUT2D eigenvalue weighted by atomic mass is 10.0. The van der Waals surface area contributed by atoms with Crippen LogP contribution in [0.15, 0.2) is 12.3 Å². The molecule has 2 rings (SSSR count). The minimum atomic E-state index is 0.239. The zero-order chi connectivity index (χ0) is 10.2.